The number of anilines is 1. The second-order valence-corrected chi connectivity index (χ2v) is 9.76. The number of imide groups is 1. The maximum atomic E-state index is 13.0. The van der Waals surface area contributed by atoms with Crippen LogP contribution >= 0.6 is 11.6 Å². The third kappa shape index (κ3) is 5.74. The fraction of sp³-hybridized carbons (Fsp3) is 0.286. The Kier molecular flexibility index (Phi) is 7.40. The van der Waals surface area contributed by atoms with Crippen LogP contribution in [-0.2, 0) is 32.0 Å². The van der Waals surface area contributed by atoms with Crippen molar-refractivity contribution in [1.82, 2.24) is 10.2 Å². The molecule has 2 aliphatic heterocycles. The largest absolute Gasteiger partial charge is 0.351 e. The van der Waals surface area contributed by atoms with Crippen molar-refractivity contribution in [2.24, 2.45) is 0 Å². The SMILES string of the molecule is C=C1CCC(N2C(=O)C=C(Nc3cc(C)cc(CCC(=O)Cc4ccc(C)c(Cl)c4)c3)C2=O)C(=O)N1. The van der Waals surface area contributed by atoms with Gasteiger partial charge >= 0.3 is 0 Å². The first kappa shape index (κ1) is 25.4. The van der Waals surface area contributed by atoms with Crippen LogP contribution in [0.15, 0.2) is 60.4 Å². The molecule has 3 amide bonds. The molecule has 2 aromatic rings. The van der Waals surface area contributed by atoms with Crippen LogP contribution in [0, 0.1) is 13.8 Å². The number of ketones is 1. The number of piperidine rings is 1. The van der Waals surface area contributed by atoms with E-state index in [9.17, 15) is 19.2 Å². The second kappa shape index (κ2) is 10.5. The van der Waals surface area contributed by atoms with Gasteiger partial charge in [-0.25, -0.2) is 0 Å². The fourth-order valence-electron chi connectivity index (χ4n) is 4.46. The number of hydrogen-bond acceptors (Lipinski definition) is 5. The van der Waals surface area contributed by atoms with Gasteiger partial charge in [-0.2, -0.15) is 0 Å². The van der Waals surface area contributed by atoms with E-state index >= 15 is 0 Å². The first-order valence-electron chi connectivity index (χ1n) is 11.8. The molecular formula is C28H28ClN3O4. The molecule has 1 atom stereocenters. The number of rotatable bonds is 8. The first-order chi connectivity index (χ1) is 17.1. The van der Waals surface area contributed by atoms with Crippen molar-refractivity contribution in [3.05, 3.63) is 87.7 Å². The number of carbonyl (C=O) groups excluding carboxylic acids is 4. The van der Waals surface area contributed by atoms with Crippen molar-refractivity contribution < 1.29 is 19.2 Å². The number of carbonyl (C=O) groups is 4. The number of nitrogens with zero attached hydrogens (tertiary/aromatic N) is 1. The number of aryl methyl sites for hydroxylation is 3. The molecule has 36 heavy (non-hydrogen) atoms. The highest BCUT2D eigenvalue weighted by Crippen LogP contribution is 2.25. The van der Waals surface area contributed by atoms with E-state index in [1.165, 1.54) is 6.08 Å². The number of halogens is 1. The maximum Gasteiger partial charge on any atom is 0.278 e. The molecule has 0 bridgehead atoms. The number of hydrogen-bond donors (Lipinski definition) is 2. The standard InChI is InChI=1S/C28H28ClN3O4/c1-16-10-19(7-8-22(33)13-20-6-4-17(2)23(29)14-20)12-21(11-16)31-24-15-26(34)32(28(24)36)25-9-5-18(3)30-27(25)35/h4,6,10-12,14-15,25,31H,3,5,7-9,13H2,1-2H3,(H,30,35). The van der Waals surface area contributed by atoms with E-state index in [1.54, 1.807) is 0 Å². The summed E-state index contributed by atoms with van der Waals surface area (Å²) in [5.74, 6) is -1.36. The maximum absolute atomic E-state index is 13.0. The molecule has 7 nitrogen and oxygen atoms in total. The van der Waals surface area contributed by atoms with Crippen LogP contribution in [0.3, 0.4) is 0 Å². The summed E-state index contributed by atoms with van der Waals surface area (Å²) in [5.41, 5.74) is 5.08. The van der Waals surface area contributed by atoms with Gasteiger partial charge in [0.05, 0.1) is 0 Å². The van der Waals surface area contributed by atoms with Crippen molar-refractivity contribution in [3.8, 4) is 0 Å². The van der Waals surface area contributed by atoms with Crippen molar-refractivity contribution in [1.29, 1.82) is 0 Å². The summed E-state index contributed by atoms with van der Waals surface area (Å²) in [4.78, 5) is 51.4. The molecule has 2 aliphatic rings. The molecular weight excluding hydrogens is 478 g/mol. The van der Waals surface area contributed by atoms with Crippen LogP contribution in [0.1, 0.15) is 41.5 Å². The highest BCUT2D eigenvalue weighted by atomic mass is 35.5. The van der Waals surface area contributed by atoms with E-state index in [0.717, 1.165) is 27.2 Å². The quantitative estimate of drug-likeness (QED) is 0.525. The van der Waals surface area contributed by atoms with Crippen LogP contribution < -0.4 is 10.6 Å². The van der Waals surface area contributed by atoms with E-state index in [4.69, 9.17) is 11.6 Å². The number of Topliss-reactive ketones (excluding diaryl/α,β-unsaturated/α-hetero) is 1. The smallest absolute Gasteiger partial charge is 0.278 e. The van der Waals surface area contributed by atoms with E-state index in [0.29, 0.717) is 48.5 Å². The van der Waals surface area contributed by atoms with E-state index < -0.39 is 23.8 Å². The highest BCUT2D eigenvalue weighted by molar-refractivity contribution is 6.31. The fourth-order valence-corrected chi connectivity index (χ4v) is 4.66. The van der Waals surface area contributed by atoms with Gasteiger partial charge in [0.1, 0.15) is 17.5 Å². The minimum absolute atomic E-state index is 0.106. The monoisotopic (exact) mass is 505 g/mol. The predicted octanol–water partition coefficient (Wildman–Crippen LogP) is 4.16. The summed E-state index contributed by atoms with van der Waals surface area (Å²) in [6.07, 6.45) is 3.30. The molecule has 1 saturated heterocycles. The van der Waals surface area contributed by atoms with E-state index in [-0.39, 0.29) is 11.5 Å². The van der Waals surface area contributed by atoms with Crippen LogP contribution in [-0.4, -0.2) is 34.4 Å². The van der Waals surface area contributed by atoms with Gasteiger partial charge in [0.25, 0.3) is 11.8 Å². The van der Waals surface area contributed by atoms with Gasteiger partial charge in [0, 0.05) is 35.3 Å². The number of allylic oxidation sites excluding steroid dienone is 1. The molecule has 2 heterocycles. The Bertz CT molecular complexity index is 1310. The summed E-state index contributed by atoms with van der Waals surface area (Å²) in [5, 5.41) is 6.30. The zero-order valence-corrected chi connectivity index (χ0v) is 21.1. The lowest BCUT2D eigenvalue weighted by Gasteiger charge is -2.29. The lowest BCUT2D eigenvalue weighted by atomic mass is 10.0. The van der Waals surface area contributed by atoms with Crippen molar-refractivity contribution >= 4 is 40.8 Å². The molecule has 0 radical (unpaired) electrons. The molecule has 4 rings (SSSR count). The summed E-state index contributed by atoms with van der Waals surface area (Å²) in [7, 11) is 0. The Morgan fingerprint density at radius 2 is 1.92 bits per heavy atom. The molecule has 0 spiro atoms. The van der Waals surface area contributed by atoms with Gasteiger partial charge < -0.3 is 10.6 Å². The Labute approximate surface area is 215 Å². The number of nitrogens with one attached hydrogen (secondary N) is 2. The van der Waals surface area contributed by atoms with Crippen molar-refractivity contribution in [3.63, 3.8) is 0 Å². The first-order valence-corrected chi connectivity index (χ1v) is 12.2. The van der Waals surface area contributed by atoms with Gasteiger partial charge in [-0.05, 0) is 73.6 Å². The summed E-state index contributed by atoms with van der Waals surface area (Å²) < 4.78 is 0. The minimum Gasteiger partial charge on any atom is -0.351 e. The number of benzene rings is 2. The van der Waals surface area contributed by atoms with E-state index in [2.05, 4.69) is 17.2 Å². The lowest BCUT2D eigenvalue weighted by molar-refractivity contribution is -0.146. The Morgan fingerprint density at radius 1 is 1.14 bits per heavy atom. The third-order valence-corrected chi connectivity index (χ3v) is 6.74. The summed E-state index contributed by atoms with van der Waals surface area (Å²) in [6.45, 7) is 7.58. The van der Waals surface area contributed by atoms with Gasteiger partial charge in [-0.1, -0.05) is 36.4 Å². The predicted molar refractivity (Wildman–Crippen MR) is 138 cm³/mol. The summed E-state index contributed by atoms with van der Waals surface area (Å²) >= 11 is 6.17. The van der Waals surface area contributed by atoms with Crippen molar-refractivity contribution in [2.75, 3.05) is 5.32 Å². The van der Waals surface area contributed by atoms with E-state index in [1.807, 2.05) is 50.2 Å². The Hall–Kier alpha value is -3.71. The average Bonchev–Trinajstić information content (AvgIpc) is 3.07. The Morgan fingerprint density at radius 3 is 2.64 bits per heavy atom. The van der Waals surface area contributed by atoms with Gasteiger partial charge in [-0.3, -0.25) is 24.1 Å². The second-order valence-electron chi connectivity index (χ2n) is 9.35. The topological polar surface area (TPSA) is 95.6 Å². The molecule has 8 heteroatoms. The van der Waals surface area contributed by atoms with Crippen LogP contribution in [0.5, 0.6) is 0 Å². The van der Waals surface area contributed by atoms with Gasteiger partial charge in [-0.15, -0.1) is 0 Å². The molecule has 2 aromatic carbocycles. The number of amides is 3. The molecule has 2 N–H and O–H groups in total. The van der Waals surface area contributed by atoms with Crippen molar-refractivity contribution in [2.45, 2.75) is 52.0 Å². The van der Waals surface area contributed by atoms with Gasteiger partial charge in [0.2, 0.25) is 5.91 Å². The molecule has 0 aliphatic carbocycles. The molecule has 186 valence electrons. The molecule has 1 unspecified atom stereocenters. The highest BCUT2D eigenvalue weighted by Gasteiger charge is 2.41. The Balaban J connectivity index is 1.39. The lowest BCUT2D eigenvalue weighted by Crippen LogP contribution is -2.52. The molecule has 0 saturated carbocycles. The average molecular weight is 506 g/mol. The van der Waals surface area contributed by atoms with Gasteiger partial charge in [0.15, 0.2) is 0 Å². The third-order valence-electron chi connectivity index (χ3n) is 6.33. The molecule has 0 aromatic heterocycles. The van der Waals surface area contributed by atoms with Crippen LogP contribution in [0.4, 0.5) is 5.69 Å². The van der Waals surface area contributed by atoms with Crippen LogP contribution in [0.25, 0.3) is 0 Å². The zero-order chi connectivity index (χ0) is 26.0. The zero-order valence-electron chi connectivity index (χ0n) is 20.3. The normalized spacial score (nSPS) is 17.8. The van der Waals surface area contributed by atoms with Crippen LogP contribution in [0.2, 0.25) is 5.02 Å². The minimum atomic E-state index is -0.853. The molecule has 1 fully saturated rings. The summed E-state index contributed by atoms with van der Waals surface area (Å²) in [6, 6.07) is 10.5.